The second-order valence-electron chi connectivity index (χ2n) is 5.22. The van der Waals surface area contributed by atoms with E-state index in [-0.39, 0.29) is 11.6 Å². The van der Waals surface area contributed by atoms with E-state index in [9.17, 15) is 0 Å². The highest BCUT2D eigenvalue weighted by atomic mass is 16.5. The first-order valence-electron chi connectivity index (χ1n) is 7.11. The van der Waals surface area contributed by atoms with E-state index in [0.29, 0.717) is 0 Å². The largest absolute Gasteiger partial charge is 0.374 e. The molecule has 1 unspecified atom stereocenters. The zero-order valence-corrected chi connectivity index (χ0v) is 11.6. The molecule has 1 heterocycles. The van der Waals surface area contributed by atoms with Crippen molar-refractivity contribution in [1.29, 1.82) is 0 Å². The van der Waals surface area contributed by atoms with Gasteiger partial charge in [0, 0.05) is 25.4 Å². The summed E-state index contributed by atoms with van der Waals surface area (Å²) in [6.45, 7) is 5.81. The van der Waals surface area contributed by atoms with Gasteiger partial charge in [-0.2, -0.15) is 5.10 Å². The lowest BCUT2D eigenvalue weighted by Gasteiger charge is -2.35. The molecule has 1 fully saturated rings. The molecule has 2 N–H and O–H groups in total. The summed E-state index contributed by atoms with van der Waals surface area (Å²) >= 11 is 0. The van der Waals surface area contributed by atoms with Crippen LogP contribution in [0.5, 0.6) is 0 Å². The molecule has 0 spiro atoms. The molecule has 1 aliphatic rings. The molecule has 0 bridgehead atoms. The molecular weight excluding hydrogens is 226 g/mol. The molecule has 102 valence electrons. The molecule has 1 saturated carbocycles. The molecule has 0 aliphatic heterocycles. The summed E-state index contributed by atoms with van der Waals surface area (Å²) in [5.74, 6) is 0. The summed E-state index contributed by atoms with van der Waals surface area (Å²) in [5.41, 5.74) is 7.54. The Kier molecular flexibility index (Phi) is 4.40. The predicted molar refractivity (Wildman–Crippen MR) is 72.4 cm³/mol. The first kappa shape index (κ1) is 13.6. The molecule has 4 heteroatoms. The number of ether oxygens (including phenoxy) is 1. The fourth-order valence-electron chi connectivity index (χ4n) is 3.01. The first-order valence-corrected chi connectivity index (χ1v) is 7.11. The molecule has 1 aromatic rings. The molecular formula is C14H25N3O. The molecule has 18 heavy (non-hydrogen) atoms. The Morgan fingerprint density at radius 2 is 2.17 bits per heavy atom. The standard InChI is InChI=1S/C14H25N3O/c1-3-17-11-12(10-16-17)9-13(15)14(18-4-2)7-5-6-8-14/h10-11,13H,3-9,15H2,1-2H3. The lowest BCUT2D eigenvalue weighted by atomic mass is 9.88. The summed E-state index contributed by atoms with van der Waals surface area (Å²) in [6.07, 6.45) is 9.56. The van der Waals surface area contributed by atoms with Crippen molar-refractivity contribution in [2.24, 2.45) is 5.73 Å². The number of rotatable bonds is 6. The topological polar surface area (TPSA) is 53.1 Å². The fraction of sp³-hybridized carbons (Fsp3) is 0.786. The van der Waals surface area contributed by atoms with Crippen molar-refractivity contribution in [3.05, 3.63) is 18.0 Å². The molecule has 0 amide bonds. The van der Waals surface area contributed by atoms with Gasteiger partial charge in [0.15, 0.2) is 0 Å². The predicted octanol–water partition coefficient (Wildman–Crippen LogP) is 2.12. The zero-order chi connectivity index (χ0) is 13.0. The lowest BCUT2D eigenvalue weighted by molar-refractivity contribution is -0.0525. The molecule has 4 nitrogen and oxygen atoms in total. The van der Waals surface area contributed by atoms with Crippen molar-refractivity contribution >= 4 is 0 Å². The van der Waals surface area contributed by atoms with Gasteiger partial charge in [-0.1, -0.05) is 12.8 Å². The van der Waals surface area contributed by atoms with Crippen molar-refractivity contribution in [3.8, 4) is 0 Å². The van der Waals surface area contributed by atoms with Crippen molar-refractivity contribution in [2.45, 2.75) is 64.1 Å². The van der Waals surface area contributed by atoms with Crippen LogP contribution in [0.2, 0.25) is 0 Å². The van der Waals surface area contributed by atoms with Gasteiger partial charge in [0.25, 0.3) is 0 Å². The maximum Gasteiger partial charge on any atom is 0.0835 e. The van der Waals surface area contributed by atoms with Crippen LogP contribution in [0.4, 0.5) is 0 Å². The second-order valence-corrected chi connectivity index (χ2v) is 5.22. The van der Waals surface area contributed by atoms with Crippen LogP contribution < -0.4 is 5.73 Å². The van der Waals surface area contributed by atoms with E-state index in [1.54, 1.807) is 0 Å². The van der Waals surface area contributed by atoms with Gasteiger partial charge in [0.05, 0.1) is 11.8 Å². The van der Waals surface area contributed by atoms with Gasteiger partial charge in [-0.15, -0.1) is 0 Å². The molecule has 1 atom stereocenters. The Labute approximate surface area is 110 Å². The Balaban J connectivity index is 2.02. The van der Waals surface area contributed by atoms with Crippen molar-refractivity contribution in [3.63, 3.8) is 0 Å². The van der Waals surface area contributed by atoms with E-state index in [1.165, 1.54) is 18.4 Å². The SMILES string of the molecule is CCOC1(C(N)Cc2cnn(CC)c2)CCCC1. The normalized spacial score (nSPS) is 20.2. The van der Waals surface area contributed by atoms with Gasteiger partial charge in [-0.25, -0.2) is 0 Å². The molecule has 1 aromatic heterocycles. The van der Waals surface area contributed by atoms with Crippen LogP contribution in [0.25, 0.3) is 0 Å². The molecule has 0 saturated heterocycles. The summed E-state index contributed by atoms with van der Waals surface area (Å²) < 4.78 is 7.95. The summed E-state index contributed by atoms with van der Waals surface area (Å²) in [4.78, 5) is 0. The minimum absolute atomic E-state index is 0.0782. The van der Waals surface area contributed by atoms with E-state index in [1.807, 2.05) is 10.9 Å². The van der Waals surface area contributed by atoms with Crippen LogP contribution in [0.3, 0.4) is 0 Å². The van der Waals surface area contributed by atoms with E-state index in [2.05, 4.69) is 25.1 Å². The van der Waals surface area contributed by atoms with Crippen molar-refractivity contribution in [1.82, 2.24) is 9.78 Å². The first-order chi connectivity index (χ1) is 8.70. The number of aryl methyl sites for hydroxylation is 1. The maximum atomic E-state index is 6.42. The van der Waals surface area contributed by atoms with Gasteiger partial charge < -0.3 is 10.5 Å². The Morgan fingerprint density at radius 1 is 1.44 bits per heavy atom. The van der Waals surface area contributed by atoms with Crippen LogP contribution in [0, 0.1) is 0 Å². The second kappa shape index (κ2) is 5.85. The van der Waals surface area contributed by atoms with Gasteiger partial charge in [0.1, 0.15) is 0 Å². The van der Waals surface area contributed by atoms with Gasteiger partial charge >= 0.3 is 0 Å². The summed E-state index contributed by atoms with van der Waals surface area (Å²) in [6, 6.07) is 0.0782. The molecule has 0 radical (unpaired) electrons. The Morgan fingerprint density at radius 3 is 2.72 bits per heavy atom. The highest BCUT2D eigenvalue weighted by Gasteiger charge is 2.40. The lowest BCUT2D eigenvalue weighted by Crippen LogP contribution is -2.49. The average Bonchev–Trinajstić information content (AvgIpc) is 2.99. The van der Waals surface area contributed by atoms with Crippen LogP contribution in [-0.4, -0.2) is 28.0 Å². The van der Waals surface area contributed by atoms with E-state index >= 15 is 0 Å². The molecule has 0 aromatic carbocycles. The Bertz CT molecular complexity index is 369. The number of nitrogens with two attached hydrogens (primary N) is 1. The number of aromatic nitrogens is 2. The van der Waals surface area contributed by atoms with Gasteiger partial charge in [-0.3, -0.25) is 4.68 Å². The minimum atomic E-state index is -0.0942. The summed E-state index contributed by atoms with van der Waals surface area (Å²) in [5, 5.41) is 4.30. The van der Waals surface area contributed by atoms with Crippen LogP contribution in [-0.2, 0) is 17.7 Å². The Hall–Kier alpha value is -0.870. The maximum absolute atomic E-state index is 6.42. The third-order valence-electron chi connectivity index (χ3n) is 4.02. The summed E-state index contributed by atoms with van der Waals surface area (Å²) in [7, 11) is 0. The van der Waals surface area contributed by atoms with E-state index < -0.39 is 0 Å². The van der Waals surface area contributed by atoms with E-state index in [0.717, 1.165) is 32.4 Å². The fourth-order valence-corrected chi connectivity index (χ4v) is 3.01. The van der Waals surface area contributed by atoms with Crippen LogP contribution in [0.15, 0.2) is 12.4 Å². The third-order valence-corrected chi connectivity index (χ3v) is 4.02. The van der Waals surface area contributed by atoms with Crippen LogP contribution >= 0.6 is 0 Å². The van der Waals surface area contributed by atoms with Gasteiger partial charge in [0.2, 0.25) is 0 Å². The van der Waals surface area contributed by atoms with Crippen molar-refractivity contribution < 1.29 is 4.74 Å². The highest BCUT2D eigenvalue weighted by Crippen LogP contribution is 2.36. The molecule has 1 aliphatic carbocycles. The van der Waals surface area contributed by atoms with E-state index in [4.69, 9.17) is 10.5 Å². The third kappa shape index (κ3) is 2.75. The number of hydrogen-bond donors (Lipinski definition) is 1. The van der Waals surface area contributed by atoms with Gasteiger partial charge in [-0.05, 0) is 38.7 Å². The number of nitrogens with zero attached hydrogens (tertiary/aromatic N) is 2. The highest BCUT2D eigenvalue weighted by molar-refractivity contribution is 5.10. The zero-order valence-electron chi connectivity index (χ0n) is 11.6. The minimum Gasteiger partial charge on any atom is -0.374 e. The van der Waals surface area contributed by atoms with Crippen LogP contribution in [0.1, 0.15) is 45.1 Å². The monoisotopic (exact) mass is 251 g/mol. The smallest absolute Gasteiger partial charge is 0.0835 e. The van der Waals surface area contributed by atoms with Crippen molar-refractivity contribution in [2.75, 3.05) is 6.61 Å². The average molecular weight is 251 g/mol. The number of hydrogen-bond acceptors (Lipinski definition) is 3. The quantitative estimate of drug-likeness (QED) is 0.842. The molecule has 2 rings (SSSR count).